The van der Waals surface area contributed by atoms with Gasteiger partial charge < -0.3 is 5.11 Å². The van der Waals surface area contributed by atoms with Crippen molar-refractivity contribution in [3.05, 3.63) is 0 Å². The Bertz CT molecular complexity index is 109. The Kier molecular flexibility index (Phi) is 13.9. The van der Waals surface area contributed by atoms with E-state index in [1.165, 1.54) is 32.1 Å². The largest absolute Gasteiger partial charge is 0.481 e. The zero-order chi connectivity index (χ0) is 10.7. The number of carboxylic acid groups (broad SMARTS) is 1. The summed E-state index contributed by atoms with van der Waals surface area (Å²) in [7, 11) is 0. The highest BCUT2D eigenvalue weighted by Gasteiger charge is 1.92. The minimum atomic E-state index is -0.833. The van der Waals surface area contributed by atoms with Crippen LogP contribution in [-0.2, 0) is 4.79 Å². The lowest BCUT2D eigenvalue weighted by atomic mass is 10.1. The zero-order valence-corrected chi connectivity index (χ0v) is 9.81. The lowest BCUT2D eigenvalue weighted by Gasteiger charge is -2.01. The quantitative estimate of drug-likeness (QED) is 0.534. The van der Waals surface area contributed by atoms with Gasteiger partial charge in [0.2, 0.25) is 0 Å². The third-order valence-corrected chi connectivity index (χ3v) is 1.73. The van der Waals surface area contributed by atoms with Gasteiger partial charge in [0.15, 0.2) is 0 Å². The summed E-state index contributed by atoms with van der Waals surface area (Å²) in [6, 6.07) is 0. The van der Waals surface area contributed by atoms with Crippen molar-refractivity contribution in [3.8, 4) is 0 Å². The van der Waals surface area contributed by atoms with Gasteiger partial charge in [0.1, 0.15) is 0 Å². The minimum absolute atomic E-state index is 0.599. The maximum absolute atomic E-state index is 9.00. The van der Waals surface area contributed by atoms with Gasteiger partial charge in [-0.1, -0.05) is 39.5 Å². The highest BCUT2D eigenvalue weighted by atomic mass is 32.1. The van der Waals surface area contributed by atoms with Crippen LogP contribution in [0.15, 0.2) is 0 Å². The van der Waals surface area contributed by atoms with E-state index in [4.69, 9.17) is 9.90 Å². The van der Waals surface area contributed by atoms with Crippen LogP contribution in [0.25, 0.3) is 0 Å². The normalized spacial score (nSPS) is 11.4. The molecule has 0 bridgehead atoms. The van der Waals surface area contributed by atoms with Crippen LogP contribution in [0.4, 0.5) is 0 Å². The van der Waals surface area contributed by atoms with Gasteiger partial charge in [-0.3, -0.25) is 4.79 Å². The van der Waals surface area contributed by atoms with E-state index in [0.29, 0.717) is 5.25 Å². The SMILES string of the molecule is CC(=O)O.CCCCCC[C@H](C)S. The highest BCUT2D eigenvalue weighted by Crippen LogP contribution is 2.08. The molecule has 1 N–H and O–H groups in total. The molecule has 0 rings (SSSR count). The standard InChI is InChI=1S/C8H18S.C2H4O2/c1-3-4-5-6-7-8(2)9;1-2(3)4/h8-9H,3-7H2,1-2H3;1H3,(H,3,4)/t8-;/m0./s1. The Balaban J connectivity index is 0. The third kappa shape index (κ3) is 33.7. The molecule has 0 aliphatic heterocycles. The van der Waals surface area contributed by atoms with Gasteiger partial charge in [-0.05, 0) is 11.7 Å². The van der Waals surface area contributed by atoms with Crippen LogP contribution < -0.4 is 0 Å². The number of thiol groups is 1. The lowest BCUT2D eigenvalue weighted by molar-refractivity contribution is -0.134. The molecular formula is C10H22O2S. The van der Waals surface area contributed by atoms with E-state index in [1.807, 2.05) is 0 Å². The minimum Gasteiger partial charge on any atom is -0.481 e. The summed E-state index contributed by atoms with van der Waals surface area (Å²) in [4.78, 5) is 9.00. The fourth-order valence-electron chi connectivity index (χ4n) is 0.867. The van der Waals surface area contributed by atoms with E-state index in [1.54, 1.807) is 0 Å². The summed E-state index contributed by atoms with van der Waals surface area (Å²) in [5, 5.41) is 8.02. The predicted molar refractivity (Wildman–Crippen MR) is 60.5 cm³/mol. The molecule has 0 aromatic rings. The fraction of sp³-hybridized carbons (Fsp3) is 0.900. The third-order valence-electron chi connectivity index (χ3n) is 1.48. The summed E-state index contributed by atoms with van der Waals surface area (Å²) in [5.74, 6) is -0.833. The van der Waals surface area contributed by atoms with Gasteiger partial charge in [0.05, 0.1) is 0 Å². The molecule has 0 amide bonds. The predicted octanol–water partition coefficient (Wildman–Crippen LogP) is 3.37. The Hall–Kier alpha value is -0.180. The van der Waals surface area contributed by atoms with Gasteiger partial charge in [-0.15, -0.1) is 0 Å². The molecule has 0 aliphatic carbocycles. The van der Waals surface area contributed by atoms with Gasteiger partial charge >= 0.3 is 0 Å². The average molecular weight is 206 g/mol. The van der Waals surface area contributed by atoms with Gasteiger partial charge in [-0.2, -0.15) is 12.6 Å². The molecule has 0 fully saturated rings. The van der Waals surface area contributed by atoms with Crippen molar-refractivity contribution >= 4 is 18.6 Å². The first kappa shape index (κ1) is 15.3. The number of hydrogen-bond acceptors (Lipinski definition) is 2. The molecule has 0 spiro atoms. The fourth-order valence-corrected chi connectivity index (χ4v) is 1.05. The van der Waals surface area contributed by atoms with Crippen molar-refractivity contribution in [2.24, 2.45) is 0 Å². The number of aliphatic carboxylic acids is 1. The van der Waals surface area contributed by atoms with Crippen LogP contribution in [0.1, 0.15) is 52.9 Å². The first-order chi connectivity index (χ1) is 6.00. The van der Waals surface area contributed by atoms with E-state index in [0.717, 1.165) is 6.92 Å². The van der Waals surface area contributed by atoms with Crippen LogP contribution in [0.5, 0.6) is 0 Å². The Morgan fingerprint density at radius 2 is 1.85 bits per heavy atom. The first-order valence-corrected chi connectivity index (χ1v) is 5.40. The summed E-state index contributed by atoms with van der Waals surface area (Å²) in [6.45, 7) is 5.49. The maximum atomic E-state index is 9.00. The van der Waals surface area contributed by atoms with Crippen molar-refractivity contribution in [1.82, 2.24) is 0 Å². The lowest BCUT2D eigenvalue weighted by Crippen LogP contribution is -1.89. The molecule has 0 saturated carbocycles. The molecular weight excluding hydrogens is 184 g/mol. The second-order valence-corrected chi connectivity index (χ2v) is 4.10. The topological polar surface area (TPSA) is 37.3 Å². The molecule has 0 aliphatic rings. The molecule has 3 heteroatoms. The Morgan fingerprint density at radius 3 is 2.15 bits per heavy atom. The van der Waals surface area contributed by atoms with E-state index >= 15 is 0 Å². The van der Waals surface area contributed by atoms with Gasteiger partial charge in [0.25, 0.3) is 5.97 Å². The van der Waals surface area contributed by atoms with Crippen LogP contribution >= 0.6 is 12.6 Å². The van der Waals surface area contributed by atoms with Crippen molar-refractivity contribution in [2.75, 3.05) is 0 Å². The van der Waals surface area contributed by atoms with Gasteiger partial charge in [0, 0.05) is 6.92 Å². The smallest absolute Gasteiger partial charge is 0.300 e. The molecule has 0 unspecified atom stereocenters. The molecule has 0 radical (unpaired) electrons. The molecule has 1 atom stereocenters. The molecule has 0 saturated heterocycles. The van der Waals surface area contributed by atoms with E-state index in [-0.39, 0.29) is 0 Å². The molecule has 80 valence electrons. The second-order valence-electron chi connectivity index (χ2n) is 3.22. The second kappa shape index (κ2) is 11.8. The summed E-state index contributed by atoms with van der Waals surface area (Å²) >= 11 is 4.30. The van der Waals surface area contributed by atoms with Gasteiger partial charge in [-0.25, -0.2) is 0 Å². The van der Waals surface area contributed by atoms with E-state index in [2.05, 4.69) is 26.5 Å². The number of carboxylic acids is 1. The van der Waals surface area contributed by atoms with Crippen LogP contribution in [0, 0.1) is 0 Å². The Morgan fingerprint density at radius 1 is 1.38 bits per heavy atom. The van der Waals surface area contributed by atoms with Crippen molar-refractivity contribution in [2.45, 2.75) is 58.1 Å². The maximum Gasteiger partial charge on any atom is 0.300 e. The first-order valence-electron chi connectivity index (χ1n) is 4.88. The van der Waals surface area contributed by atoms with Crippen molar-refractivity contribution in [1.29, 1.82) is 0 Å². The highest BCUT2D eigenvalue weighted by molar-refractivity contribution is 7.80. The van der Waals surface area contributed by atoms with Crippen molar-refractivity contribution in [3.63, 3.8) is 0 Å². The zero-order valence-electron chi connectivity index (χ0n) is 8.92. The Labute approximate surface area is 87.1 Å². The van der Waals surface area contributed by atoms with E-state index < -0.39 is 5.97 Å². The molecule has 0 heterocycles. The number of hydrogen-bond donors (Lipinski definition) is 2. The van der Waals surface area contributed by atoms with Crippen molar-refractivity contribution < 1.29 is 9.90 Å². The molecule has 2 nitrogen and oxygen atoms in total. The summed E-state index contributed by atoms with van der Waals surface area (Å²) in [6.07, 6.45) is 6.75. The average Bonchev–Trinajstić information content (AvgIpc) is 1.97. The molecule has 0 aromatic carbocycles. The van der Waals surface area contributed by atoms with Crippen LogP contribution in [0.2, 0.25) is 0 Å². The molecule has 13 heavy (non-hydrogen) atoms. The number of rotatable bonds is 5. The van der Waals surface area contributed by atoms with E-state index in [9.17, 15) is 0 Å². The number of carbonyl (C=O) groups is 1. The summed E-state index contributed by atoms with van der Waals surface area (Å²) in [5.41, 5.74) is 0. The number of unbranched alkanes of at least 4 members (excludes halogenated alkanes) is 3. The van der Waals surface area contributed by atoms with Crippen LogP contribution in [0.3, 0.4) is 0 Å². The molecule has 0 aromatic heterocycles. The van der Waals surface area contributed by atoms with Crippen LogP contribution in [-0.4, -0.2) is 16.3 Å². The summed E-state index contributed by atoms with van der Waals surface area (Å²) < 4.78 is 0. The monoisotopic (exact) mass is 206 g/mol.